The third-order valence-electron chi connectivity index (χ3n) is 4.77. The number of hydrogen-bond acceptors (Lipinski definition) is 5. The maximum absolute atomic E-state index is 12.9. The molecule has 0 radical (unpaired) electrons. The summed E-state index contributed by atoms with van der Waals surface area (Å²) in [6.45, 7) is 2.15. The van der Waals surface area contributed by atoms with Crippen molar-refractivity contribution in [2.45, 2.75) is 29.5 Å². The third-order valence-corrected chi connectivity index (χ3v) is 7.16. The molecule has 1 N–H and O–H groups in total. The minimum atomic E-state index is -0.977. The van der Waals surface area contributed by atoms with Crippen LogP contribution in [-0.2, 0) is 9.59 Å². The fourth-order valence-electron chi connectivity index (χ4n) is 3.26. The molecule has 5 nitrogen and oxygen atoms in total. The first kappa shape index (κ1) is 25.3. The molecule has 1 amide bonds. The SMILES string of the molecule is CC(CSC(=O)c1ccccc1)C(=O)N1C[C@@H](Sc2ccccc2)C[C@H]1C(=O)O.[CaH2]. The van der Waals surface area contributed by atoms with Crippen LogP contribution in [0.1, 0.15) is 23.7 Å². The predicted molar refractivity (Wildman–Crippen MR) is 125 cm³/mol. The number of carbonyl (C=O) groups excluding carboxylic acids is 2. The molecule has 1 unspecified atom stereocenters. The fourth-order valence-corrected chi connectivity index (χ4v) is 5.32. The summed E-state index contributed by atoms with van der Waals surface area (Å²) in [5, 5.41) is 9.55. The van der Waals surface area contributed by atoms with E-state index < -0.39 is 17.9 Å². The summed E-state index contributed by atoms with van der Waals surface area (Å²) in [6.07, 6.45) is 0.420. The molecule has 3 atom stereocenters. The summed E-state index contributed by atoms with van der Waals surface area (Å²) in [5.41, 5.74) is 0.598. The van der Waals surface area contributed by atoms with Crippen LogP contribution in [0.2, 0.25) is 0 Å². The molecule has 2 aromatic rings. The van der Waals surface area contributed by atoms with Crippen LogP contribution in [0.4, 0.5) is 0 Å². The molecule has 1 aliphatic heterocycles. The number of carboxylic acid groups (broad SMARTS) is 1. The van der Waals surface area contributed by atoms with Gasteiger partial charge in [0.1, 0.15) is 6.04 Å². The van der Waals surface area contributed by atoms with E-state index in [-0.39, 0.29) is 54.0 Å². The Hall–Kier alpha value is -0.990. The molecular formula is C22H25CaNO4S2. The van der Waals surface area contributed by atoms with E-state index in [1.165, 1.54) is 4.90 Å². The van der Waals surface area contributed by atoms with Gasteiger partial charge < -0.3 is 10.0 Å². The van der Waals surface area contributed by atoms with Crippen LogP contribution >= 0.6 is 23.5 Å². The van der Waals surface area contributed by atoms with Crippen molar-refractivity contribution in [1.82, 2.24) is 4.90 Å². The third kappa shape index (κ3) is 6.75. The van der Waals surface area contributed by atoms with Crippen LogP contribution in [0, 0.1) is 5.92 Å². The van der Waals surface area contributed by atoms with Gasteiger partial charge in [-0.2, -0.15) is 0 Å². The number of benzene rings is 2. The van der Waals surface area contributed by atoms with E-state index in [0.29, 0.717) is 24.3 Å². The summed E-state index contributed by atoms with van der Waals surface area (Å²) < 4.78 is 0. The van der Waals surface area contributed by atoms with Gasteiger partial charge in [0.15, 0.2) is 0 Å². The number of thioether (sulfide) groups is 2. The molecule has 2 aromatic carbocycles. The van der Waals surface area contributed by atoms with Crippen molar-refractivity contribution in [2.75, 3.05) is 12.3 Å². The van der Waals surface area contributed by atoms with E-state index in [0.717, 1.165) is 16.7 Å². The van der Waals surface area contributed by atoms with E-state index >= 15 is 0 Å². The molecule has 30 heavy (non-hydrogen) atoms. The molecule has 8 heteroatoms. The van der Waals surface area contributed by atoms with Gasteiger partial charge in [-0.1, -0.05) is 67.2 Å². The van der Waals surface area contributed by atoms with Crippen molar-refractivity contribution < 1.29 is 19.5 Å². The second-order valence-electron chi connectivity index (χ2n) is 7.00. The predicted octanol–water partition coefficient (Wildman–Crippen LogP) is 3.13. The van der Waals surface area contributed by atoms with Gasteiger partial charge in [0, 0.05) is 33.9 Å². The van der Waals surface area contributed by atoms with Crippen molar-refractivity contribution in [3.63, 3.8) is 0 Å². The molecule has 1 aliphatic rings. The Morgan fingerprint density at radius 1 is 1.07 bits per heavy atom. The van der Waals surface area contributed by atoms with E-state index in [1.807, 2.05) is 36.4 Å². The number of nitrogens with zero attached hydrogens (tertiary/aromatic N) is 1. The zero-order chi connectivity index (χ0) is 20.8. The standard InChI is InChI=1S/C22H23NO4S2.Ca.2H/c1-15(14-28-22(27)16-8-4-2-5-9-16)20(24)23-13-18(12-19(23)21(25)26)29-17-10-6-3-7-11-17;;;/h2-11,15,18-19H,12-14H2,1H3,(H,25,26);;;/t15?,18-,19-;;;/m0.../s1. The summed E-state index contributed by atoms with van der Waals surface area (Å²) in [7, 11) is 0. The first-order chi connectivity index (χ1) is 14.0. The number of carboxylic acids is 1. The second kappa shape index (κ2) is 12.1. The normalized spacial score (nSPS) is 19.0. The van der Waals surface area contributed by atoms with Gasteiger partial charge in [0.05, 0.1) is 0 Å². The van der Waals surface area contributed by atoms with Crippen LogP contribution in [0.3, 0.4) is 0 Å². The number of carbonyl (C=O) groups is 3. The molecule has 0 saturated carbocycles. The molecule has 156 valence electrons. The fraction of sp³-hybridized carbons (Fsp3) is 0.318. The number of hydrogen-bond donors (Lipinski definition) is 1. The van der Waals surface area contributed by atoms with Gasteiger partial charge in [0.25, 0.3) is 0 Å². The Bertz CT molecular complexity index is 866. The van der Waals surface area contributed by atoms with Crippen LogP contribution in [0.25, 0.3) is 0 Å². The Kier molecular flexibility index (Phi) is 10.2. The van der Waals surface area contributed by atoms with Crippen molar-refractivity contribution >= 4 is 78.3 Å². The van der Waals surface area contributed by atoms with Gasteiger partial charge in [-0.15, -0.1) is 11.8 Å². The van der Waals surface area contributed by atoms with Crippen LogP contribution in [0.5, 0.6) is 0 Å². The van der Waals surface area contributed by atoms with E-state index in [9.17, 15) is 19.5 Å². The zero-order valence-electron chi connectivity index (χ0n) is 16.1. The van der Waals surface area contributed by atoms with Crippen LogP contribution in [0.15, 0.2) is 65.6 Å². The van der Waals surface area contributed by atoms with E-state index in [2.05, 4.69) is 0 Å². The number of amides is 1. The van der Waals surface area contributed by atoms with Gasteiger partial charge in [0.2, 0.25) is 11.0 Å². The maximum atomic E-state index is 12.9. The molecule has 1 fully saturated rings. The van der Waals surface area contributed by atoms with Crippen molar-refractivity contribution in [3.8, 4) is 0 Å². The molecule has 0 aliphatic carbocycles. The minimum absolute atomic E-state index is 0. The summed E-state index contributed by atoms with van der Waals surface area (Å²) in [5.74, 6) is -1.29. The van der Waals surface area contributed by atoms with Gasteiger partial charge >= 0.3 is 43.7 Å². The van der Waals surface area contributed by atoms with Crippen molar-refractivity contribution in [3.05, 3.63) is 66.2 Å². The molecule has 3 rings (SSSR count). The van der Waals surface area contributed by atoms with Gasteiger partial charge in [-0.05, 0) is 18.6 Å². The van der Waals surface area contributed by atoms with Gasteiger partial charge in [-0.3, -0.25) is 9.59 Å². The molecule has 1 saturated heterocycles. The Labute approximate surface area is 215 Å². The first-order valence-corrected chi connectivity index (χ1v) is 11.3. The van der Waals surface area contributed by atoms with Gasteiger partial charge in [-0.25, -0.2) is 4.79 Å². The van der Waals surface area contributed by atoms with Crippen LogP contribution in [-0.4, -0.2) is 88.3 Å². The number of likely N-dealkylation sites (tertiary alicyclic amines) is 1. The first-order valence-electron chi connectivity index (χ1n) is 9.43. The average Bonchev–Trinajstić information content (AvgIpc) is 3.16. The number of aliphatic carboxylic acids is 1. The average molecular weight is 472 g/mol. The van der Waals surface area contributed by atoms with E-state index in [4.69, 9.17) is 0 Å². The Morgan fingerprint density at radius 2 is 1.67 bits per heavy atom. The molecule has 0 spiro atoms. The molecule has 1 heterocycles. The zero-order valence-corrected chi connectivity index (χ0v) is 17.7. The van der Waals surface area contributed by atoms with Crippen molar-refractivity contribution in [2.24, 2.45) is 5.92 Å². The van der Waals surface area contributed by atoms with E-state index in [1.54, 1.807) is 43.0 Å². The Morgan fingerprint density at radius 3 is 2.27 bits per heavy atom. The topological polar surface area (TPSA) is 74.7 Å². The van der Waals surface area contributed by atoms with Crippen molar-refractivity contribution in [1.29, 1.82) is 0 Å². The molecular weight excluding hydrogens is 446 g/mol. The number of rotatable bonds is 7. The summed E-state index contributed by atoms with van der Waals surface area (Å²) >= 11 is 2.70. The Balaban J connectivity index is 0.00000320. The second-order valence-corrected chi connectivity index (χ2v) is 9.37. The molecule has 0 bridgehead atoms. The summed E-state index contributed by atoms with van der Waals surface area (Å²) in [6, 6.07) is 17.9. The quantitative estimate of drug-likeness (QED) is 0.626. The summed E-state index contributed by atoms with van der Waals surface area (Å²) in [4.78, 5) is 39.5. The van der Waals surface area contributed by atoms with Crippen LogP contribution < -0.4 is 0 Å². The molecule has 0 aromatic heterocycles. The monoisotopic (exact) mass is 471 g/mol.